The van der Waals surface area contributed by atoms with Crippen molar-refractivity contribution in [3.8, 4) is 17.2 Å². The van der Waals surface area contributed by atoms with E-state index in [-0.39, 0.29) is 23.9 Å². The summed E-state index contributed by atoms with van der Waals surface area (Å²) in [7, 11) is 2.34. The van der Waals surface area contributed by atoms with Gasteiger partial charge in [-0.3, -0.25) is 4.79 Å². The molecule has 0 aliphatic carbocycles. The Morgan fingerprint density at radius 3 is 2.24 bits per heavy atom. The number of amides is 1. The van der Waals surface area contributed by atoms with E-state index >= 15 is 0 Å². The zero-order valence-corrected chi connectivity index (χ0v) is 20.1. The highest BCUT2D eigenvalue weighted by molar-refractivity contribution is 7.89. The summed E-state index contributed by atoms with van der Waals surface area (Å²) in [5, 5.41) is 2.84. The number of nitrogens with one attached hydrogen (secondary N) is 1. The highest BCUT2D eigenvalue weighted by Gasteiger charge is 2.44. The standard InChI is InChI=1S/C23H30N2O7S/c1-29-12-11-24-23(26)21-15-25(33(27,28)18-8-5-16(30-2)6-9-18)14-20(21)19-10-7-17(31-3)13-22(19)32-4/h5-10,13,20-21H,11-12,14-15H2,1-4H3,(H,24,26). The number of carbonyl (C=O) groups is 1. The van der Waals surface area contributed by atoms with Crippen LogP contribution in [0.4, 0.5) is 0 Å². The van der Waals surface area contributed by atoms with Crippen molar-refractivity contribution in [2.24, 2.45) is 5.92 Å². The second-order valence-corrected chi connectivity index (χ2v) is 9.54. The van der Waals surface area contributed by atoms with Crippen LogP contribution in [-0.4, -0.2) is 73.3 Å². The van der Waals surface area contributed by atoms with E-state index in [0.717, 1.165) is 5.56 Å². The smallest absolute Gasteiger partial charge is 0.243 e. The molecular weight excluding hydrogens is 448 g/mol. The van der Waals surface area contributed by atoms with Gasteiger partial charge in [0, 0.05) is 38.7 Å². The third-order valence-electron chi connectivity index (χ3n) is 5.77. The van der Waals surface area contributed by atoms with E-state index in [4.69, 9.17) is 18.9 Å². The van der Waals surface area contributed by atoms with Crippen LogP contribution in [0.5, 0.6) is 17.2 Å². The Balaban J connectivity index is 1.95. The van der Waals surface area contributed by atoms with Gasteiger partial charge in [0.2, 0.25) is 15.9 Å². The minimum atomic E-state index is -3.82. The van der Waals surface area contributed by atoms with Crippen molar-refractivity contribution in [3.05, 3.63) is 48.0 Å². The van der Waals surface area contributed by atoms with Gasteiger partial charge in [-0.1, -0.05) is 6.07 Å². The lowest BCUT2D eigenvalue weighted by atomic mass is 9.87. The van der Waals surface area contributed by atoms with Gasteiger partial charge in [0.25, 0.3) is 0 Å². The second kappa shape index (κ2) is 10.9. The first-order chi connectivity index (χ1) is 15.8. The van der Waals surface area contributed by atoms with Gasteiger partial charge in [-0.05, 0) is 35.9 Å². The van der Waals surface area contributed by atoms with Crippen LogP contribution in [0.25, 0.3) is 0 Å². The Morgan fingerprint density at radius 1 is 0.970 bits per heavy atom. The van der Waals surface area contributed by atoms with Crippen LogP contribution < -0.4 is 19.5 Å². The summed E-state index contributed by atoms with van der Waals surface area (Å²) < 4.78 is 49.1. The lowest BCUT2D eigenvalue weighted by Gasteiger charge is -2.21. The predicted molar refractivity (Wildman–Crippen MR) is 122 cm³/mol. The molecule has 1 heterocycles. The van der Waals surface area contributed by atoms with Crippen molar-refractivity contribution in [1.82, 2.24) is 9.62 Å². The molecule has 2 atom stereocenters. The normalized spacial score (nSPS) is 18.7. The fraction of sp³-hybridized carbons (Fsp3) is 0.435. The lowest BCUT2D eigenvalue weighted by molar-refractivity contribution is -0.125. The average molecular weight is 479 g/mol. The first kappa shape index (κ1) is 24.8. The zero-order chi connectivity index (χ0) is 24.0. The van der Waals surface area contributed by atoms with Crippen molar-refractivity contribution in [3.63, 3.8) is 0 Å². The fourth-order valence-electron chi connectivity index (χ4n) is 3.97. The van der Waals surface area contributed by atoms with Gasteiger partial charge in [0.05, 0.1) is 38.7 Å². The minimum absolute atomic E-state index is 0.0486. The van der Waals surface area contributed by atoms with Crippen LogP contribution in [-0.2, 0) is 19.6 Å². The Bertz CT molecular complexity index is 1060. The molecule has 1 aliphatic rings. The topological polar surface area (TPSA) is 103 Å². The maximum absolute atomic E-state index is 13.4. The second-order valence-electron chi connectivity index (χ2n) is 7.60. The van der Waals surface area contributed by atoms with Crippen LogP contribution in [0.3, 0.4) is 0 Å². The predicted octanol–water partition coefficient (Wildman–Crippen LogP) is 1.88. The summed E-state index contributed by atoms with van der Waals surface area (Å²) in [6.45, 7) is 0.888. The number of carbonyl (C=O) groups excluding carboxylic acids is 1. The van der Waals surface area contributed by atoms with Gasteiger partial charge < -0.3 is 24.3 Å². The molecule has 0 radical (unpaired) electrons. The summed E-state index contributed by atoms with van der Waals surface area (Å²) in [4.78, 5) is 13.2. The van der Waals surface area contributed by atoms with E-state index in [1.807, 2.05) is 6.07 Å². The van der Waals surface area contributed by atoms with Crippen molar-refractivity contribution in [2.45, 2.75) is 10.8 Å². The number of nitrogens with zero attached hydrogens (tertiary/aromatic N) is 1. The van der Waals surface area contributed by atoms with E-state index < -0.39 is 21.9 Å². The van der Waals surface area contributed by atoms with Gasteiger partial charge in [0.1, 0.15) is 17.2 Å². The minimum Gasteiger partial charge on any atom is -0.497 e. The first-order valence-electron chi connectivity index (χ1n) is 10.5. The Morgan fingerprint density at radius 2 is 1.64 bits per heavy atom. The van der Waals surface area contributed by atoms with E-state index in [9.17, 15) is 13.2 Å². The zero-order valence-electron chi connectivity index (χ0n) is 19.2. The summed E-state index contributed by atoms with van der Waals surface area (Å²) in [6, 6.07) is 11.5. The van der Waals surface area contributed by atoms with Crippen molar-refractivity contribution < 1.29 is 32.2 Å². The van der Waals surface area contributed by atoms with E-state index in [0.29, 0.717) is 30.4 Å². The molecule has 9 nitrogen and oxygen atoms in total. The van der Waals surface area contributed by atoms with Crippen molar-refractivity contribution in [2.75, 3.05) is 54.7 Å². The molecule has 2 aromatic rings. The van der Waals surface area contributed by atoms with Crippen LogP contribution >= 0.6 is 0 Å². The monoisotopic (exact) mass is 478 g/mol. The molecule has 1 fully saturated rings. The van der Waals surface area contributed by atoms with Crippen LogP contribution in [0.2, 0.25) is 0 Å². The lowest BCUT2D eigenvalue weighted by Crippen LogP contribution is -2.37. The van der Waals surface area contributed by atoms with Crippen LogP contribution in [0, 0.1) is 5.92 Å². The number of hydrogen-bond donors (Lipinski definition) is 1. The molecule has 33 heavy (non-hydrogen) atoms. The highest BCUT2D eigenvalue weighted by atomic mass is 32.2. The maximum Gasteiger partial charge on any atom is 0.243 e. The molecule has 1 N–H and O–H groups in total. The Kier molecular flexibility index (Phi) is 8.17. The third kappa shape index (κ3) is 5.40. The third-order valence-corrected chi connectivity index (χ3v) is 7.61. The number of rotatable bonds is 10. The number of sulfonamides is 1. The summed E-state index contributed by atoms with van der Waals surface area (Å²) in [5.41, 5.74) is 0.748. The first-order valence-corrected chi connectivity index (χ1v) is 11.9. The molecular formula is C23H30N2O7S. The average Bonchev–Trinajstić information content (AvgIpc) is 3.30. The van der Waals surface area contributed by atoms with Gasteiger partial charge in [0.15, 0.2) is 0 Å². The van der Waals surface area contributed by atoms with E-state index in [2.05, 4.69) is 5.32 Å². The molecule has 0 aromatic heterocycles. The maximum atomic E-state index is 13.4. The fourth-order valence-corrected chi connectivity index (χ4v) is 5.47. The molecule has 1 saturated heterocycles. The van der Waals surface area contributed by atoms with Gasteiger partial charge >= 0.3 is 0 Å². The number of ether oxygens (including phenoxy) is 4. The molecule has 0 saturated carbocycles. The van der Waals surface area contributed by atoms with E-state index in [1.165, 1.54) is 30.7 Å². The quantitative estimate of drug-likeness (QED) is 0.520. The molecule has 10 heteroatoms. The largest absolute Gasteiger partial charge is 0.497 e. The summed E-state index contributed by atoms with van der Waals surface area (Å²) in [6.07, 6.45) is 0. The van der Waals surface area contributed by atoms with Crippen molar-refractivity contribution >= 4 is 15.9 Å². The Labute approximate surface area is 194 Å². The van der Waals surface area contributed by atoms with Crippen LogP contribution in [0.15, 0.2) is 47.4 Å². The van der Waals surface area contributed by atoms with Gasteiger partial charge in [-0.25, -0.2) is 8.42 Å². The van der Waals surface area contributed by atoms with E-state index in [1.54, 1.807) is 38.5 Å². The number of hydrogen-bond acceptors (Lipinski definition) is 7. The molecule has 0 bridgehead atoms. The molecule has 1 aliphatic heterocycles. The molecule has 2 unspecified atom stereocenters. The molecule has 0 spiro atoms. The number of methoxy groups -OCH3 is 4. The summed E-state index contributed by atoms with van der Waals surface area (Å²) >= 11 is 0. The SMILES string of the molecule is COCCNC(=O)C1CN(S(=O)(=O)c2ccc(OC)cc2)CC1c1ccc(OC)cc1OC. The molecule has 3 rings (SSSR count). The highest BCUT2D eigenvalue weighted by Crippen LogP contribution is 2.41. The van der Waals surface area contributed by atoms with Gasteiger partial charge in [-0.2, -0.15) is 4.31 Å². The molecule has 2 aromatic carbocycles. The van der Waals surface area contributed by atoms with Gasteiger partial charge in [-0.15, -0.1) is 0 Å². The van der Waals surface area contributed by atoms with Crippen molar-refractivity contribution in [1.29, 1.82) is 0 Å². The molecule has 1 amide bonds. The molecule has 180 valence electrons. The van der Waals surface area contributed by atoms with Crippen LogP contribution in [0.1, 0.15) is 11.5 Å². The number of benzene rings is 2. The Hall–Kier alpha value is -2.82. The summed E-state index contributed by atoms with van der Waals surface area (Å²) in [5.74, 6) is 0.475.